The van der Waals surface area contributed by atoms with Crippen molar-refractivity contribution in [1.29, 1.82) is 0 Å². The van der Waals surface area contributed by atoms with Gasteiger partial charge in [0.15, 0.2) is 0 Å². The second-order valence-corrected chi connectivity index (χ2v) is 5.09. The van der Waals surface area contributed by atoms with Crippen LogP contribution in [0.15, 0.2) is 36.9 Å². The molecule has 19 heavy (non-hydrogen) atoms. The molecule has 1 aromatic rings. The molecule has 3 heteroatoms. The quantitative estimate of drug-likeness (QED) is 0.757. The van der Waals surface area contributed by atoms with Gasteiger partial charge in [0.05, 0.1) is 0 Å². The van der Waals surface area contributed by atoms with Gasteiger partial charge in [-0.25, -0.2) is 4.39 Å². The van der Waals surface area contributed by atoms with Gasteiger partial charge >= 0.3 is 0 Å². The first-order chi connectivity index (χ1) is 9.20. The number of carbonyl (C=O) groups excluding carboxylic acids is 1. The van der Waals surface area contributed by atoms with Crippen LogP contribution < -0.4 is 0 Å². The number of amides is 1. The molecule has 0 spiro atoms. The van der Waals surface area contributed by atoms with Gasteiger partial charge in [-0.2, -0.15) is 0 Å². The smallest absolute Gasteiger partial charge is 0.246 e. The van der Waals surface area contributed by atoms with Gasteiger partial charge in [0.2, 0.25) is 5.91 Å². The first kappa shape index (κ1) is 13.8. The van der Waals surface area contributed by atoms with E-state index in [-0.39, 0.29) is 11.7 Å². The highest BCUT2D eigenvalue weighted by atomic mass is 19.1. The van der Waals surface area contributed by atoms with Crippen molar-refractivity contribution < 1.29 is 9.18 Å². The molecule has 1 fully saturated rings. The van der Waals surface area contributed by atoms with Crippen LogP contribution in [0, 0.1) is 5.82 Å². The highest BCUT2D eigenvalue weighted by molar-refractivity contribution is 5.87. The van der Waals surface area contributed by atoms with Crippen LogP contribution in [0.5, 0.6) is 0 Å². The molecular formula is C16H20FNO. The molecule has 0 saturated heterocycles. The van der Waals surface area contributed by atoms with Crippen LogP contribution in [-0.2, 0) is 11.3 Å². The van der Waals surface area contributed by atoms with E-state index in [1.165, 1.54) is 37.5 Å². The summed E-state index contributed by atoms with van der Waals surface area (Å²) in [6.45, 7) is 4.12. The summed E-state index contributed by atoms with van der Waals surface area (Å²) in [5.41, 5.74) is 0.960. The summed E-state index contributed by atoms with van der Waals surface area (Å²) in [5.74, 6) is -0.278. The largest absolute Gasteiger partial charge is 0.332 e. The van der Waals surface area contributed by atoms with Crippen LogP contribution >= 0.6 is 0 Å². The van der Waals surface area contributed by atoms with Gasteiger partial charge < -0.3 is 4.90 Å². The van der Waals surface area contributed by atoms with Gasteiger partial charge in [0.25, 0.3) is 0 Å². The molecule has 2 nitrogen and oxygen atoms in total. The Morgan fingerprint density at radius 3 is 2.47 bits per heavy atom. The predicted molar refractivity (Wildman–Crippen MR) is 74.0 cm³/mol. The van der Waals surface area contributed by atoms with Crippen molar-refractivity contribution >= 4 is 5.91 Å². The maximum Gasteiger partial charge on any atom is 0.246 e. The molecule has 0 atom stereocenters. The molecule has 1 aliphatic carbocycles. The molecule has 0 aromatic heterocycles. The molecule has 0 radical (unpaired) electrons. The SMILES string of the molecule is C=CC(=O)N(Cc1ccc(F)cc1)C1CCCCC1. The van der Waals surface area contributed by atoms with Crippen LogP contribution in [0.3, 0.4) is 0 Å². The Bertz CT molecular complexity index is 435. The summed E-state index contributed by atoms with van der Waals surface area (Å²) in [6, 6.07) is 6.65. The molecule has 102 valence electrons. The van der Waals surface area contributed by atoms with Gasteiger partial charge in [0.1, 0.15) is 5.82 Å². The molecule has 0 unspecified atom stereocenters. The molecule has 1 amide bonds. The van der Waals surface area contributed by atoms with Crippen LogP contribution in [0.4, 0.5) is 4.39 Å². The zero-order chi connectivity index (χ0) is 13.7. The zero-order valence-electron chi connectivity index (χ0n) is 11.1. The topological polar surface area (TPSA) is 20.3 Å². The van der Waals surface area contributed by atoms with Crippen molar-refractivity contribution in [3.05, 3.63) is 48.3 Å². The lowest BCUT2D eigenvalue weighted by Crippen LogP contribution is -2.40. The van der Waals surface area contributed by atoms with E-state index in [0.29, 0.717) is 12.6 Å². The standard InChI is InChI=1S/C16H20FNO/c1-2-16(19)18(15-6-4-3-5-7-15)12-13-8-10-14(17)11-9-13/h2,8-11,15H,1,3-7,12H2. The molecule has 1 saturated carbocycles. The third kappa shape index (κ3) is 3.66. The van der Waals surface area contributed by atoms with Gasteiger partial charge in [-0.1, -0.05) is 38.0 Å². The van der Waals surface area contributed by atoms with E-state index in [0.717, 1.165) is 18.4 Å². The Morgan fingerprint density at radius 2 is 1.89 bits per heavy atom. The Balaban J connectivity index is 2.10. The Labute approximate surface area is 113 Å². The molecule has 0 aliphatic heterocycles. The Kier molecular flexibility index (Phi) is 4.72. The summed E-state index contributed by atoms with van der Waals surface area (Å²) >= 11 is 0. The minimum atomic E-state index is -0.247. The van der Waals surface area contributed by atoms with Crippen LogP contribution in [0.1, 0.15) is 37.7 Å². The monoisotopic (exact) mass is 261 g/mol. The Hall–Kier alpha value is -1.64. The fourth-order valence-electron chi connectivity index (χ4n) is 2.68. The maximum atomic E-state index is 12.9. The van der Waals surface area contributed by atoms with Gasteiger partial charge in [0, 0.05) is 12.6 Å². The lowest BCUT2D eigenvalue weighted by Gasteiger charge is -2.33. The summed E-state index contributed by atoms with van der Waals surface area (Å²) in [5, 5.41) is 0. The second-order valence-electron chi connectivity index (χ2n) is 5.09. The summed E-state index contributed by atoms with van der Waals surface area (Å²) < 4.78 is 12.9. The first-order valence-electron chi connectivity index (χ1n) is 6.88. The average molecular weight is 261 g/mol. The zero-order valence-corrected chi connectivity index (χ0v) is 11.1. The fourth-order valence-corrected chi connectivity index (χ4v) is 2.68. The van der Waals surface area contributed by atoms with Crippen molar-refractivity contribution in [1.82, 2.24) is 4.90 Å². The fraction of sp³-hybridized carbons (Fsp3) is 0.438. The number of hydrogen-bond acceptors (Lipinski definition) is 1. The van der Waals surface area contributed by atoms with Crippen LogP contribution in [-0.4, -0.2) is 16.8 Å². The van der Waals surface area contributed by atoms with Crippen molar-refractivity contribution in [3.8, 4) is 0 Å². The molecule has 1 aromatic carbocycles. The van der Waals surface area contributed by atoms with Crippen molar-refractivity contribution in [2.45, 2.75) is 44.7 Å². The van der Waals surface area contributed by atoms with Gasteiger partial charge in [-0.15, -0.1) is 0 Å². The number of halogens is 1. The molecule has 0 bridgehead atoms. The second kappa shape index (κ2) is 6.50. The number of hydrogen-bond donors (Lipinski definition) is 0. The van der Waals surface area contributed by atoms with E-state index in [2.05, 4.69) is 6.58 Å². The molecule has 2 rings (SSSR count). The van der Waals surface area contributed by atoms with Gasteiger partial charge in [-0.05, 0) is 36.6 Å². The molecule has 1 aliphatic rings. The van der Waals surface area contributed by atoms with Crippen molar-refractivity contribution in [2.75, 3.05) is 0 Å². The number of rotatable bonds is 4. The van der Waals surface area contributed by atoms with E-state index >= 15 is 0 Å². The minimum Gasteiger partial charge on any atom is -0.332 e. The average Bonchev–Trinajstić information content (AvgIpc) is 2.47. The van der Waals surface area contributed by atoms with Crippen molar-refractivity contribution in [3.63, 3.8) is 0 Å². The summed E-state index contributed by atoms with van der Waals surface area (Å²) in [7, 11) is 0. The van der Waals surface area contributed by atoms with Crippen molar-refractivity contribution in [2.24, 2.45) is 0 Å². The van der Waals surface area contributed by atoms with E-state index in [4.69, 9.17) is 0 Å². The molecular weight excluding hydrogens is 241 g/mol. The lowest BCUT2D eigenvalue weighted by atomic mass is 9.93. The Morgan fingerprint density at radius 1 is 1.26 bits per heavy atom. The highest BCUT2D eigenvalue weighted by Gasteiger charge is 2.23. The highest BCUT2D eigenvalue weighted by Crippen LogP contribution is 2.24. The predicted octanol–water partition coefficient (Wildman–Crippen LogP) is 3.67. The van der Waals surface area contributed by atoms with Gasteiger partial charge in [-0.3, -0.25) is 4.79 Å². The number of benzene rings is 1. The number of carbonyl (C=O) groups is 1. The van der Waals surface area contributed by atoms with Crippen LogP contribution in [0.25, 0.3) is 0 Å². The summed E-state index contributed by atoms with van der Waals surface area (Å²) in [4.78, 5) is 13.9. The third-order valence-corrected chi connectivity index (χ3v) is 3.74. The lowest BCUT2D eigenvalue weighted by molar-refractivity contribution is -0.129. The first-order valence-corrected chi connectivity index (χ1v) is 6.88. The van der Waals surface area contributed by atoms with E-state index < -0.39 is 0 Å². The number of nitrogens with zero attached hydrogens (tertiary/aromatic N) is 1. The third-order valence-electron chi connectivity index (χ3n) is 3.74. The molecule has 0 heterocycles. The van der Waals surface area contributed by atoms with Crippen LogP contribution in [0.2, 0.25) is 0 Å². The van der Waals surface area contributed by atoms with E-state index in [9.17, 15) is 9.18 Å². The van der Waals surface area contributed by atoms with E-state index in [1.54, 1.807) is 12.1 Å². The maximum absolute atomic E-state index is 12.9. The van der Waals surface area contributed by atoms with E-state index in [1.807, 2.05) is 4.90 Å². The normalized spacial score (nSPS) is 16.1. The summed E-state index contributed by atoms with van der Waals surface area (Å²) in [6.07, 6.45) is 7.09. The minimum absolute atomic E-state index is 0.0313. The molecule has 0 N–H and O–H groups in total.